The second kappa shape index (κ2) is 33.0. The molecular weight excluding hydrogens is 704 g/mol. The maximum absolute atomic E-state index is 12.7. The normalized spacial score (nSPS) is 21.4. The van der Waals surface area contributed by atoms with Crippen LogP contribution in [0.3, 0.4) is 0 Å². The van der Waals surface area contributed by atoms with E-state index in [2.05, 4.69) is 30.2 Å². The molecule has 1 saturated heterocycles. The van der Waals surface area contributed by atoms with E-state index in [0.717, 1.165) is 64.2 Å². The van der Waals surface area contributed by atoms with Crippen molar-refractivity contribution in [2.75, 3.05) is 26.4 Å². The number of carbonyl (C=O) groups is 1. The first-order valence-corrected chi connectivity index (χ1v) is 22.3. The maximum atomic E-state index is 12.7. The number of ether oxygens (including phenoxy) is 4. The zero-order chi connectivity index (χ0) is 39.0. The quantitative estimate of drug-likeness (QED) is 0.0209. The molecule has 4 N–H and O–H groups in total. The summed E-state index contributed by atoms with van der Waals surface area (Å²) in [5, 5.41) is 30.5. The lowest BCUT2D eigenvalue weighted by Gasteiger charge is -2.41. The molecule has 1 aliphatic rings. The highest BCUT2D eigenvalue weighted by atomic mass is 32.3. The summed E-state index contributed by atoms with van der Waals surface area (Å²) in [5.74, 6) is -0.409. The van der Waals surface area contributed by atoms with E-state index >= 15 is 0 Å². The molecule has 314 valence electrons. The van der Waals surface area contributed by atoms with Crippen molar-refractivity contribution in [2.45, 2.75) is 211 Å². The predicted octanol–water partition coefficient (Wildman–Crippen LogP) is 7.91. The first-order valence-electron chi connectivity index (χ1n) is 20.9. The van der Waals surface area contributed by atoms with Gasteiger partial charge >= 0.3 is 16.4 Å². The van der Waals surface area contributed by atoms with E-state index < -0.39 is 59.8 Å². The van der Waals surface area contributed by atoms with Gasteiger partial charge in [0.25, 0.3) is 0 Å². The van der Waals surface area contributed by atoms with Gasteiger partial charge in [-0.1, -0.05) is 148 Å². The monoisotopic (exact) mass is 781 g/mol. The van der Waals surface area contributed by atoms with E-state index in [1.807, 2.05) is 0 Å². The number of unbranched alkanes of at least 4 members (excludes halogenated alkanes) is 21. The van der Waals surface area contributed by atoms with Crippen molar-refractivity contribution in [3.8, 4) is 0 Å². The zero-order valence-electron chi connectivity index (χ0n) is 33.1. The lowest BCUT2D eigenvalue weighted by Crippen LogP contribution is -2.60. The van der Waals surface area contributed by atoms with Crippen LogP contribution < -0.4 is 0 Å². The van der Waals surface area contributed by atoms with Crippen LogP contribution in [-0.2, 0) is 38.3 Å². The van der Waals surface area contributed by atoms with Crippen LogP contribution in [0, 0.1) is 0 Å². The molecule has 0 amide bonds. The topological polar surface area (TPSA) is 178 Å². The molecule has 1 rings (SSSR count). The molecule has 0 aliphatic carbocycles. The van der Waals surface area contributed by atoms with Crippen LogP contribution >= 0.6 is 0 Å². The maximum Gasteiger partial charge on any atom is 0.397 e. The summed E-state index contributed by atoms with van der Waals surface area (Å²) in [4.78, 5) is 12.7. The number of esters is 1. The van der Waals surface area contributed by atoms with E-state index in [9.17, 15) is 28.5 Å². The molecule has 0 spiro atoms. The van der Waals surface area contributed by atoms with Crippen molar-refractivity contribution in [3.05, 3.63) is 12.2 Å². The molecule has 6 unspecified atom stereocenters. The summed E-state index contributed by atoms with van der Waals surface area (Å²) in [5.41, 5.74) is 0. The third kappa shape index (κ3) is 27.1. The van der Waals surface area contributed by atoms with E-state index in [4.69, 9.17) is 23.5 Å². The van der Waals surface area contributed by atoms with Crippen LogP contribution in [0.2, 0.25) is 0 Å². The van der Waals surface area contributed by atoms with Crippen LogP contribution in [0.4, 0.5) is 0 Å². The van der Waals surface area contributed by atoms with E-state index in [-0.39, 0.29) is 19.6 Å². The average molecular weight is 781 g/mol. The Labute approximate surface area is 321 Å². The average Bonchev–Trinajstić information content (AvgIpc) is 3.12. The van der Waals surface area contributed by atoms with Gasteiger partial charge in [0.1, 0.15) is 30.5 Å². The molecule has 0 aromatic heterocycles. The molecule has 0 bridgehead atoms. The fourth-order valence-electron chi connectivity index (χ4n) is 6.44. The number of aliphatic hydroxyl groups is 3. The molecule has 0 saturated carbocycles. The molecule has 0 aromatic carbocycles. The predicted molar refractivity (Wildman–Crippen MR) is 207 cm³/mol. The van der Waals surface area contributed by atoms with Gasteiger partial charge < -0.3 is 34.3 Å². The molecule has 53 heavy (non-hydrogen) atoms. The van der Waals surface area contributed by atoms with Crippen LogP contribution in [0.15, 0.2) is 12.2 Å². The third-order valence-corrected chi connectivity index (χ3v) is 10.1. The van der Waals surface area contributed by atoms with Crippen molar-refractivity contribution in [3.63, 3.8) is 0 Å². The molecule has 1 heterocycles. The van der Waals surface area contributed by atoms with Crippen molar-refractivity contribution in [1.29, 1.82) is 0 Å². The van der Waals surface area contributed by atoms with Gasteiger partial charge in [0.05, 0.1) is 19.8 Å². The minimum Gasteiger partial charge on any atom is -0.457 e. The van der Waals surface area contributed by atoms with Gasteiger partial charge in [-0.25, -0.2) is 4.18 Å². The van der Waals surface area contributed by atoms with Crippen molar-refractivity contribution in [2.24, 2.45) is 0 Å². The Kier molecular flexibility index (Phi) is 31.1. The first kappa shape index (κ1) is 49.9. The van der Waals surface area contributed by atoms with E-state index in [1.54, 1.807) is 0 Å². The summed E-state index contributed by atoms with van der Waals surface area (Å²) >= 11 is 0. The van der Waals surface area contributed by atoms with Crippen LogP contribution in [0.5, 0.6) is 0 Å². The van der Waals surface area contributed by atoms with Crippen molar-refractivity contribution >= 4 is 16.4 Å². The molecule has 12 nitrogen and oxygen atoms in total. The van der Waals surface area contributed by atoms with Gasteiger partial charge in [-0.3, -0.25) is 9.35 Å². The number of hydrogen-bond donors (Lipinski definition) is 4. The van der Waals surface area contributed by atoms with Crippen LogP contribution in [0.1, 0.15) is 174 Å². The van der Waals surface area contributed by atoms with Crippen molar-refractivity contribution < 1.29 is 56.2 Å². The Balaban J connectivity index is 2.44. The minimum atomic E-state index is -5.05. The zero-order valence-corrected chi connectivity index (χ0v) is 33.9. The number of hydrogen-bond acceptors (Lipinski definition) is 11. The van der Waals surface area contributed by atoms with Gasteiger partial charge in [0.15, 0.2) is 6.29 Å². The largest absolute Gasteiger partial charge is 0.457 e. The molecule has 6 atom stereocenters. The fraction of sp³-hybridized carbons (Fsp3) is 0.925. The summed E-state index contributed by atoms with van der Waals surface area (Å²) < 4.78 is 58.8. The summed E-state index contributed by atoms with van der Waals surface area (Å²) in [7, 11) is -5.05. The third-order valence-electron chi connectivity index (χ3n) is 9.62. The second-order valence-corrected chi connectivity index (χ2v) is 15.6. The number of allylic oxidation sites excluding steroid dienone is 2. The number of rotatable bonds is 36. The number of carbonyl (C=O) groups excluding carboxylic acids is 1. The molecule has 1 fully saturated rings. The molecular formula is C40H76O12S. The Morgan fingerprint density at radius 3 is 1.77 bits per heavy atom. The minimum absolute atomic E-state index is 0.0375. The number of aliphatic hydroxyl groups excluding tert-OH is 3. The summed E-state index contributed by atoms with van der Waals surface area (Å²) in [6.07, 6.45) is 24.0. The van der Waals surface area contributed by atoms with Gasteiger partial charge in [-0.15, -0.1) is 0 Å². The van der Waals surface area contributed by atoms with Gasteiger partial charge in [0.2, 0.25) is 0 Å². The van der Waals surface area contributed by atoms with E-state index in [0.29, 0.717) is 13.0 Å². The molecule has 1 aliphatic heterocycles. The molecule has 0 aromatic rings. The van der Waals surface area contributed by atoms with Crippen LogP contribution in [0.25, 0.3) is 0 Å². The Morgan fingerprint density at radius 2 is 1.23 bits per heavy atom. The van der Waals surface area contributed by atoms with Crippen molar-refractivity contribution in [1.82, 2.24) is 0 Å². The highest BCUT2D eigenvalue weighted by Gasteiger charge is 2.48. The Hall–Kier alpha value is -1.16. The van der Waals surface area contributed by atoms with E-state index in [1.165, 1.54) is 83.5 Å². The first-order chi connectivity index (χ1) is 25.6. The lowest BCUT2D eigenvalue weighted by molar-refractivity contribution is -0.301. The highest BCUT2D eigenvalue weighted by molar-refractivity contribution is 7.80. The second-order valence-electron chi connectivity index (χ2n) is 14.6. The highest BCUT2D eigenvalue weighted by Crippen LogP contribution is 2.26. The summed E-state index contributed by atoms with van der Waals surface area (Å²) in [6.45, 7) is 3.92. The van der Waals surface area contributed by atoms with Gasteiger partial charge in [-0.05, 0) is 32.1 Å². The SMILES string of the molecule is CCC/C=C\CCCCCCCC(=O)OC(COCCCCCCCCCCCCCCCCCC)COC1OC(CO)C(O)C(OS(=O)(=O)O)C1O. The summed E-state index contributed by atoms with van der Waals surface area (Å²) in [6, 6.07) is 0. The Bertz CT molecular complexity index is 994. The fourth-order valence-corrected chi connectivity index (χ4v) is 6.95. The van der Waals surface area contributed by atoms with Crippen LogP contribution in [-0.4, -0.2) is 97.5 Å². The standard InChI is InChI=1S/C40H76O12S/c1-3-5-7-9-11-13-15-16-17-18-19-20-22-24-26-28-30-48-32-34(50-36(42)29-27-25-23-21-14-12-10-8-6-4-2)33-49-40-38(44)39(52-53(45,46)47)37(43)35(31-41)51-40/h8,10,34-35,37-41,43-44H,3-7,9,11-33H2,1-2H3,(H,45,46,47)/b10-8-. The van der Waals surface area contributed by atoms with Gasteiger partial charge in [-0.2, -0.15) is 8.42 Å². The molecule has 13 heteroatoms. The smallest absolute Gasteiger partial charge is 0.397 e. The van der Waals surface area contributed by atoms with Gasteiger partial charge in [0, 0.05) is 13.0 Å². The molecule has 0 radical (unpaired) electrons. The Morgan fingerprint density at radius 1 is 0.698 bits per heavy atom. The lowest BCUT2D eigenvalue weighted by atomic mass is 9.99.